The number of halogens is 3. The molecule has 0 saturated carbocycles. The second-order valence-electron chi connectivity index (χ2n) is 5.35. The molecule has 2 N–H and O–H groups in total. The van der Waals surface area contributed by atoms with Gasteiger partial charge in [-0.3, -0.25) is 4.99 Å². The lowest BCUT2D eigenvalue weighted by Gasteiger charge is -2.08. The van der Waals surface area contributed by atoms with Crippen LogP contribution in [0.3, 0.4) is 0 Å². The monoisotopic (exact) mass is 363 g/mol. The molecule has 3 aromatic rings. The van der Waals surface area contributed by atoms with Gasteiger partial charge in [0, 0.05) is 38.6 Å². The second kappa shape index (κ2) is 5.75. The highest BCUT2D eigenvalue weighted by Crippen LogP contribution is 2.37. The van der Waals surface area contributed by atoms with E-state index in [1.807, 2.05) is 24.3 Å². The van der Waals surface area contributed by atoms with Crippen LogP contribution in [0.1, 0.15) is 5.56 Å². The minimum atomic E-state index is 0.631. The maximum atomic E-state index is 6.40. The van der Waals surface area contributed by atoms with Crippen molar-refractivity contribution in [3.8, 4) is 11.3 Å². The molecule has 0 aliphatic carbocycles. The molecule has 1 aromatic heterocycles. The number of hydrogen-bond donors (Lipinski definition) is 2. The zero-order valence-corrected chi connectivity index (χ0v) is 14.2. The number of nitrogens with one attached hydrogen (secondary N) is 2. The van der Waals surface area contributed by atoms with Gasteiger partial charge in [-0.05, 0) is 36.4 Å². The van der Waals surface area contributed by atoms with E-state index in [0.717, 1.165) is 46.6 Å². The lowest BCUT2D eigenvalue weighted by atomic mass is 10.0. The van der Waals surface area contributed by atoms with Crippen molar-refractivity contribution in [2.45, 2.75) is 0 Å². The summed E-state index contributed by atoms with van der Waals surface area (Å²) in [5, 5.41) is 6.28. The number of rotatable bonds is 2. The van der Waals surface area contributed by atoms with Crippen molar-refractivity contribution < 1.29 is 0 Å². The van der Waals surface area contributed by atoms with Crippen LogP contribution in [0.2, 0.25) is 15.1 Å². The van der Waals surface area contributed by atoms with Crippen molar-refractivity contribution in [3.63, 3.8) is 0 Å². The maximum Gasteiger partial charge on any atom is 0.131 e. The summed E-state index contributed by atoms with van der Waals surface area (Å²) in [4.78, 5) is 7.99. The standard InChI is InChI=1S/C17H12Cl3N3/c18-9-1-3-13(20)11(7-9)16-15(17-21-5-6-22-17)12-8-10(19)2-4-14(12)23-16/h1-4,7-8,23H,5-6H2,(H,21,22). The Bertz CT molecular complexity index is 944. The molecule has 2 heterocycles. The Labute approximate surface area is 148 Å². The Kier molecular flexibility index (Phi) is 3.72. The minimum absolute atomic E-state index is 0.631. The zero-order chi connectivity index (χ0) is 16.0. The quantitative estimate of drug-likeness (QED) is 0.649. The number of amidine groups is 1. The molecule has 116 valence electrons. The van der Waals surface area contributed by atoms with Crippen LogP contribution in [-0.2, 0) is 0 Å². The van der Waals surface area contributed by atoms with E-state index in [-0.39, 0.29) is 0 Å². The van der Waals surface area contributed by atoms with Crippen LogP contribution in [0.25, 0.3) is 22.2 Å². The first-order valence-electron chi connectivity index (χ1n) is 7.19. The number of benzene rings is 2. The van der Waals surface area contributed by atoms with Gasteiger partial charge in [-0.2, -0.15) is 0 Å². The van der Waals surface area contributed by atoms with E-state index in [2.05, 4.69) is 15.3 Å². The average Bonchev–Trinajstić information content (AvgIpc) is 3.16. The fourth-order valence-electron chi connectivity index (χ4n) is 2.87. The van der Waals surface area contributed by atoms with E-state index in [0.29, 0.717) is 15.1 Å². The van der Waals surface area contributed by atoms with Gasteiger partial charge < -0.3 is 10.3 Å². The normalized spacial score (nSPS) is 14.1. The van der Waals surface area contributed by atoms with Crippen molar-refractivity contribution >= 4 is 51.5 Å². The first-order chi connectivity index (χ1) is 11.1. The molecule has 0 fully saturated rings. The number of H-pyrrole nitrogens is 1. The molecule has 23 heavy (non-hydrogen) atoms. The van der Waals surface area contributed by atoms with Gasteiger partial charge in [0.25, 0.3) is 0 Å². The Balaban J connectivity index is 2.06. The smallest absolute Gasteiger partial charge is 0.131 e. The van der Waals surface area contributed by atoms with Gasteiger partial charge in [-0.25, -0.2) is 0 Å². The third-order valence-corrected chi connectivity index (χ3v) is 4.67. The lowest BCUT2D eigenvalue weighted by Crippen LogP contribution is -2.19. The fraction of sp³-hybridized carbons (Fsp3) is 0.118. The lowest BCUT2D eigenvalue weighted by molar-refractivity contribution is 0.960. The first-order valence-corrected chi connectivity index (χ1v) is 8.32. The summed E-state index contributed by atoms with van der Waals surface area (Å²) < 4.78 is 0. The van der Waals surface area contributed by atoms with Gasteiger partial charge in [0.1, 0.15) is 5.84 Å². The molecule has 1 aliphatic heterocycles. The fourth-order valence-corrected chi connectivity index (χ4v) is 3.42. The second-order valence-corrected chi connectivity index (χ2v) is 6.63. The van der Waals surface area contributed by atoms with E-state index >= 15 is 0 Å². The van der Waals surface area contributed by atoms with Crippen LogP contribution in [0.4, 0.5) is 0 Å². The van der Waals surface area contributed by atoms with E-state index < -0.39 is 0 Å². The molecule has 4 rings (SSSR count). The molecule has 0 atom stereocenters. The number of fused-ring (bicyclic) bond motifs is 1. The Hall–Kier alpha value is -1.68. The minimum Gasteiger partial charge on any atom is -0.368 e. The zero-order valence-electron chi connectivity index (χ0n) is 12.0. The van der Waals surface area contributed by atoms with Crippen LogP contribution >= 0.6 is 34.8 Å². The maximum absolute atomic E-state index is 6.40. The highest BCUT2D eigenvalue weighted by atomic mass is 35.5. The predicted molar refractivity (Wildman–Crippen MR) is 98.2 cm³/mol. The van der Waals surface area contributed by atoms with E-state index in [1.54, 1.807) is 12.1 Å². The van der Waals surface area contributed by atoms with Crippen LogP contribution in [0, 0.1) is 0 Å². The molecular weight excluding hydrogens is 353 g/mol. The van der Waals surface area contributed by atoms with Gasteiger partial charge in [-0.1, -0.05) is 34.8 Å². The topological polar surface area (TPSA) is 40.2 Å². The summed E-state index contributed by atoms with van der Waals surface area (Å²) in [6, 6.07) is 11.2. The van der Waals surface area contributed by atoms with Crippen LogP contribution in [-0.4, -0.2) is 23.9 Å². The number of hydrogen-bond acceptors (Lipinski definition) is 2. The molecular formula is C17H12Cl3N3. The summed E-state index contributed by atoms with van der Waals surface area (Å²) in [5.74, 6) is 0.851. The predicted octanol–water partition coefficient (Wildman–Crippen LogP) is 5.14. The van der Waals surface area contributed by atoms with Gasteiger partial charge >= 0.3 is 0 Å². The molecule has 0 saturated heterocycles. The van der Waals surface area contributed by atoms with Crippen molar-refractivity contribution in [1.82, 2.24) is 10.3 Å². The molecule has 6 heteroatoms. The first kappa shape index (κ1) is 14.9. The van der Waals surface area contributed by atoms with Crippen molar-refractivity contribution in [3.05, 3.63) is 57.0 Å². The number of aromatic nitrogens is 1. The third kappa shape index (κ3) is 2.59. The van der Waals surface area contributed by atoms with Gasteiger partial charge in [0.05, 0.1) is 17.3 Å². The number of aromatic amines is 1. The summed E-state index contributed by atoms with van der Waals surface area (Å²) in [6.45, 7) is 1.58. The molecule has 0 spiro atoms. The third-order valence-electron chi connectivity index (χ3n) is 3.87. The van der Waals surface area contributed by atoms with Crippen LogP contribution in [0.5, 0.6) is 0 Å². The number of aliphatic imine (C=N–C) groups is 1. The average molecular weight is 365 g/mol. The van der Waals surface area contributed by atoms with Crippen molar-refractivity contribution in [2.75, 3.05) is 13.1 Å². The molecule has 0 radical (unpaired) electrons. The molecule has 1 aliphatic rings. The summed E-state index contributed by atoms with van der Waals surface area (Å²) in [6.07, 6.45) is 0. The largest absolute Gasteiger partial charge is 0.368 e. The Morgan fingerprint density at radius 3 is 2.52 bits per heavy atom. The Morgan fingerprint density at radius 1 is 0.957 bits per heavy atom. The molecule has 2 aromatic carbocycles. The molecule has 0 bridgehead atoms. The van der Waals surface area contributed by atoms with E-state index in [1.165, 1.54) is 0 Å². The van der Waals surface area contributed by atoms with E-state index in [9.17, 15) is 0 Å². The number of nitrogens with zero attached hydrogens (tertiary/aromatic N) is 1. The van der Waals surface area contributed by atoms with Gasteiger partial charge in [0.15, 0.2) is 0 Å². The van der Waals surface area contributed by atoms with Crippen LogP contribution in [0.15, 0.2) is 41.4 Å². The summed E-state index contributed by atoms with van der Waals surface area (Å²) in [5.41, 5.74) is 3.69. The SMILES string of the molecule is Clc1ccc(Cl)c(-c2[nH]c3ccc(Cl)cc3c2C2=NCCN2)c1. The van der Waals surface area contributed by atoms with Crippen molar-refractivity contribution in [1.29, 1.82) is 0 Å². The molecule has 0 amide bonds. The molecule has 0 unspecified atom stereocenters. The summed E-state index contributed by atoms with van der Waals surface area (Å²) in [7, 11) is 0. The highest BCUT2D eigenvalue weighted by Gasteiger charge is 2.21. The highest BCUT2D eigenvalue weighted by molar-refractivity contribution is 6.36. The van der Waals surface area contributed by atoms with Gasteiger partial charge in [0.2, 0.25) is 0 Å². The van der Waals surface area contributed by atoms with Crippen LogP contribution < -0.4 is 5.32 Å². The molecule has 3 nitrogen and oxygen atoms in total. The van der Waals surface area contributed by atoms with Gasteiger partial charge in [-0.15, -0.1) is 0 Å². The van der Waals surface area contributed by atoms with Crippen molar-refractivity contribution in [2.24, 2.45) is 4.99 Å². The summed E-state index contributed by atoms with van der Waals surface area (Å²) >= 11 is 18.8. The van der Waals surface area contributed by atoms with E-state index in [4.69, 9.17) is 34.8 Å². The Morgan fingerprint density at radius 2 is 1.74 bits per heavy atom.